The molecule has 0 fully saturated rings. The van der Waals surface area contributed by atoms with Crippen molar-refractivity contribution >= 4 is 0 Å². The van der Waals surface area contributed by atoms with Gasteiger partial charge in [-0.15, -0.1) is 0 Å². The number of methoxy groups -OCH3 is 2. The molecule has 0 aliphatic heterocycles. The topological polar surface area (TPSA) is 18.5 Å². The minimum absolute atomic E-state index is 0.813. The van der Waals surface area contributed by atoms with Gasteiger partial charge in [0, 0.05) is 0 Å². The van der Waals surface area contributed by atoms with E-state index < -0.39 is 0 Å². The van der Waals surface area contributed by atoms with Gasteiger partial charge in [-0.2, -0.15) is 0 Å². The fourth-order valence-electron chi connectivity index (χ4n) is 1.42. The van der Waals surface area contributed by atoms with Crippen LogP contribution in [-0.4, -0.2) is 14.2 Å². The van der Waals surface area contributed by atoms with E-state index in [1.807, 2.05) is 26.0 Å². The Morgan fingerprint density at radius 2 is 1.73 bits per heavy atom. The molecule has 1 aromatic carbocycles. The fourth-order valence-corrected chi connectivity index (χ4v) is 1.42. The molecule has 0 saturated carbocycles. The van der Waals surface area contributed by atoms with Crippen LogP contribution in [0.25, 0.3) is 0 Å². The second kappa shape index (κ2) is 8.16. The fraction of sp³-hybridized carbons (Fsp3) is 0.538. The highest BCUT2D eigenvalue weighted by Crippen LogP contribution is 2.31. The zero-order valence-corrected chi connectivity index (χ0v) is 10.5. The minimum atomic E-state index is 0.813. The maximum absolute atomic E-state index is 5.29. The van der Waals surface area contributed by atoms with Crippen LogP contribution in [0.3, 0.4) is 0 Å². The number of ether oxygens (including phenoxy) is 2. The van der Waals surface area contributed by atoms with Gasteiger partial charge in [-0.25, -0.2) is 0 Å². The zero-order chi connectivity index (χ0) is 11.7. The lowest BCUT2D eigenvalue weighted by molar-refractivity contribution is 0.351. The summed E-state index contributed by atoms with van der Waals surface area (Å²) < 4.78 is 10.5. The SMILES string of the molecule is CC.CCCc1cccc(OC)c1OC. The summed E-state index contributed by atoms with van der Waals surface area (Å²) in [5.74, 6) is 1.68. The van der Waals surface area contributed by atoms with Crippen LogP contribution in [0.1, 0.15) is 32.8 Å². The predicted octanol–water partition coefficient (Wildman–Crippen LogP) is 3.68. The Balaban J connectivity index is 0.000000921. The molecule has 1 rings (SSSR count). The molecule has 0 amide bonds. The van der Waals surface area contributed by atoms with Gasteiger partial charge in [0.25, 0.3) is 0 Å². The molecule has 0 radical (unpaired) electrons. The number of aryl methyl sites for hydroxylation is 1. The molecule has 0 bridgehead atoms. The number of benzene rings is 1. The summed E-state index contributed by atoms with van der Waals surface area (Å²) in [7, 11) is 3.34. The molecule has 0 aliphatic carbocycles. The number of rotatable bonds is 4. The Bertz CT molecular complexity index is 269. The van der Waals surface area contributed by atoms with E-state index in [0.29, 0.717) is 0 Å². The third-order valence-electron chi connectivity index (χ3n) is 2.00. The molecule has 0 aliphatic rings. The second-order valence-electron chi connectivity index (χ2n) is 2.90. The first-order valence-electron chi connectivity index (χ1n) is 5.53. The monoisotopic (exact) mass is 210 g/mol. The van der Waals surface area contributed by atoms with Crippen molar-refractivity contribution in [2.75, 3.05) is 14.2 Å². The van der Waals surface area contributed by atoms with E-state index in [1.54, 1.807) is 14.2 Å². The van der Waals surface area contributed by atoms with Crippen molar-refractivity contribution in [1.29, 1.82) is 0 Å². The summed E-state index contributed by atoms with van der Waals surface area (Å²) in [6.07, 6.45) is 2.14. The van der Waals surface area contributed by atoms with E-state index in [4.69, 9.17) is 9.47 Å². The first-order valence-corrected chi connectivity index (χ1v) is 5.53. The zero-order valence-electron chi connectivity index (χ0n) is 10.5. The molecule has 15 heavy (non-hydrogen) atoms. The lowest BCUT2D eigenvalue weighted by Gasteiger charge is -2.11. The molecule has 0 saturated heterocycles. The molecule has 86 valence electrons. The van der Waals surface area contributed by atoms with Crippen LogP contribution < -0.4 is 9.47 Å². The van der Waals surface area contributed by atoms with Gasteiger partial charge in [0.05, 0.1) is 14.2 Å². The lowest BCUT2D eigenvalue weighted by Crippen LogP contribution is -1.95. The first-order chi connectivity index (χ1) is 7.33. The number of para-hydroxylation sites is 1. The van der Waals surface area contributed by atoms with Crippen LogP contribution in [-0.2, 0) is 6.42 Å². The molecule has 0 unspecified atom stereocenters. The summed E-state index contributed by atoms with van der Waals surface area (Å²) in [5.41, 5.74) is 1.21. The van der Waals surface area contributed by atoms with Gasteiger partial charge in [0.1, 0.15) is 0 Å². The van der Waals surface area contributed by atoms with E-state index >= 15 is 0 Å². The third kappa shape index (κ3) is 3.82. The molecule has 0 heterocycles. The van der Waals surface area contributed by atoms with Gasteiger partial charge in [-0.3, -0.25) is 0 Å². The van der Waals surface area contributed by atoms with E-state index in [-0.39, 0.29) is 0 Å². The van der Waals surface area contributed by atoms with E-state index in [1.165, 1.54) is 5.56 Å². The quantitative estimate of drug-likeness (QED) is 0.754. The van der Waals surface area contributed by atoms with E-state index in [2.05, 4.69) is 13.0 Å². The molecule has 2 heteroatoms. The van der Waals surface area contributed by atoms with Crippen molar-refractivity contribution in [3.8, 4) is 11.5 Å². The molecule has 0 N–H and O–H groups in total. The first kappa shape index (κ1) is 13.8. The van der Waals surface area contributed by atoms with Crippen molar-refractivity contribution in [2.24, 2.45) is 0 Å². The van der Waals surface area contributed by atoms with Crippen molar-refractivity contribution in [3.05, 3.63) is 23.8 Å². The van der Waals surface area contributed by atoms with Crippen LogP contribution in [0.4, 0.5) is 0 Å². The van der Waals surface area contributed by atoms with Crippen LogP contribution >= 0.6 is 0 Å². The van der Waals surface area contributed by atoms with Crippen molar-refractivity contribution in [3.63, 3.8) is 0 Å². The molecule has 0 aromatic heterocycles. The van der Waals surface area contributed by atoms with Gasteiger partial charge < -0.3 is 9.47 Å². The van der Waals surface area contributed by atoms with Crippen LogP contribution in [0.5, 0.6) is 11.5 Å². The van der Waals surface area contributed by atoms with Crippen molar-refractivity contribution < 1.29 is 9.47 Å². The largest absolute Gasteiger partial charge is 0.493 e. The number of hydrogen-bond donors (Lipinski definition) is 0. The van der Waals surface area contributed by atoms with Crippen molar-refractivity contribution in [2.45, 2.75) is 33.6 Å². The highest BCUT2D eigenvalue weighted by molar-refractivity contribution is 5.46. The Labute approximate surface area is 93.2 Å². The van der Waals surface area contributed by atoms with Gasteiger partial charge in [-0.1, -0.05) is 39.3 Å². The van der Waals surface area contributed by atoms with Crippen LogP contribution in [0.15, 0.2) is 18.2 Å². The molecule has 0 atom stereocenters. The summed E-state index contributed by atoms with van der Waals surface area (Å²) in [6.45, 7) is 6.15. The minimum Gasteiger partial charge on any atom is -0.493 e. The molecule has 1 aromatic rings. The number of hydrogen-bond acceptors (Lipinski definition) is 2. The second-order valence-corrected chi connectivity index (χ2v) is 2.90. The van der Waals surface area contributed by atoms with E-state index in [9.17, 15) is 0 Å². The summed E-state index contributed by atoms with van der Waals surface area (Å²) in [6, 6.07) is 5.98. The molecule has 0 spiro atoms. The van der Waals surface area contributed by atoms with Gasteiger partial charge in [-0.05, 0) is 18.1 Å². The molecular formula is C13H22O2. The van der Waals surface area contributed by atoms with Crippen LogP contribution in [0, 0.1) is 0 Å². The van der Waals surface area contributed by atoms with Gasteiger partial charge in [0.15, 0.2) is 11.5 Å². The molecular weight excluding hydrogens is 188 g/mol. The summed E-state index contributed by atoms with van der Waals surface area (Å²) in [4.78, 5) is 0. The third-order valence-corrected chi connectivity index (χ3v) is 2.00. The Morgan fingerprint density at radius 1 is 1.07 bits per heavy atom. The summed E-state index contributed by atoms with van der Waals surface area (Å²) >= 11 is 0. The van der Waals surface area contributed by atoms with Crippen molar-refractivity contribution in [1.82, 2.24) is 0 Å². The lowest BCUT2D eigenvalue weighted by atomic mass is 10.1. The maximum Gasteiger partial charge on any atom is 0.163 e. The standard InChI is InChI=1S/C11H16O2.C2H6/c1-4-6-9-7-5-8-10(12-2)11(9)13-3;1-2/h5,7-8H,4,6H2,1-3H3;1-2H3. The maximum atomic E-state index is 5.29. The smallest absolute Gasteiger partial charge is 0.163 e. The average Bonchev–Trinajstić information content (AvgIpc) is 2.31. The van der Waals surface area contributed by atoms with Gasteiger partial charge in [0.2, 0.25) is 0 Å². The average molecular weight is 210 g/mol. The normalized spacial score (nSPS) is 8.87. The van der Waals surface area contributed by atoms with Crippen LogP contribution in [0.2, 0.25) is 0 Å². The Morgan fingerprint density at radius 3 is 2.20 bits per heavy atom. The highest BCUT2D eigenvalue weighted by atomic mass is 16.5. The Kier molecular flexibility index (Phi) is 7.51. The Hall–Kier alpha value is -1.18. The van der Waals surface area contributed by atoms with E-state index in [0.717, 1.165) is 24.3 Å². The molecule has 2 nitrogen and oxygen atoms in total. The highest BCUT2D eigenvalue weighted by Gasteiger charge is 2.07. The predicted molar refractivity (Wildman–Crippen MR) is 64.9 cm³/mol. The summed E-state index contributed by atoms with van der Waals surface area (Å²) in [5, 5.41) is 0. The van der Waals surface area contributed by atoms with Gasteiger partial charge >= 0.3 is 0 Å².